The number of anilines is 1. The van der Waals surface area contributed by atoms with E-state index in [1.54, 1.807) is 11.8 Å². The molecule has 0 radical (unpaired) electrons. The largest absolute Gasteiger partial charge is 0.337 e. The van der Waals surface area contributed by atoms with Crippen molar-refractivity contribution < 1.29 is 4.79 Å². The lowest BCUT2D eigenvalue weighted by molar-refractivity contribution is 0.252. The minimum Gasteiger partial charge on any atom is -0.337 e. The zero-order valence-corrected chi connectivity index (χ0v) is 12.2. The lowest BCUT2D eigenvalue weighted by Crippen LogP contribution is -2.30. The van der Waals surface area contributed by atoms with E-state index in [0.717, 1.165) is 17.0 Å². The number of thioether (sulfide) groups is 1. The van der Waals surface area contributed by atoms with E-state index in [4.69, 9.17) is 0 Å². The zero-order chi connectivity index (χ0) is 14.2. The molecule has 4 heteroatoms. The summed E-state index contributed by atoms with van der Waals surface area (Å²) in [5, 5.41) is 5.71. The van der Waals surface area contributed by atoms with E-state index in [-0.39, 0.29) is 6.03 Å². The Morgan fingerprint density at radius 3 is 2.50 bits per heavy atom. The topological polar surface area (TPSA) is 41.1 Å². The number of urea groups is 1. The Morgan fingerprint density at radius 2 is 1.75 bits per heavy atom. The molecular formula is C16H18N2OS. The van der Waals surface area contributed by atoms with Crippen molar-refractivity contribution in [2.45, 2.75) is 11.8 Å². The molecule has 0 bridgehead atoms. The second kappa shape index (κ2) is 7.60. The van der Waals surface area contributed by atoms with Gasteiger partial charge in [0.15, 0.2) is 0 Å². The third kappa shape index (κ3) is 4.63. The smallest absolute Gasteiger partial charge is 0.319 e. The van der Waals surface area contributed by atoms with Crippen LogP contribution in [0.5, 0.6) is 0 Å². The van der Waals surface area contributed by atoms with E-state index in [1.807, 2.05) is 49.4 Å². The first-order valence-electron chi connectivity index (χ1n) is 6.54. The van der Waals surface area contributed by atoms with Gasteiger partial charge < -0.3 is 10.6 Å². The number of hydrogen-bond donors (Lipinski definition) is 2. The van der Waals surface area contributed by atoms with Crippen LogP contribution < -0.4 is 10.6 Å². The first kappa shape index (κ1) is 14.5. The van der Waals surface area contributed by atoms with Crippen molar-refractivity contribution in [2.75, 3.05) is 17.6 Å². The van der Waals surface area contributed by atoms with E-state index in [0.29, 0.717) is 6.54 Å². The Morgan fingerprint density at radius 1 is 1.05 bits per heavy atom. The van der Waals surface area contributed by atoms with Crippen LogP contribution in [0.1, 0.15) is 5.56 Å². The van der Waals surface area contributed by atoms with Crippen LogP contribution >= 0.6 is 11.8 Å². The fourth-order valence-corrected chi connectivity index (χ4v) is 2.52. The van der Waals surface area contributed by atoms with Gasteiger partial charge >= 0.3 is 6.03 Å². The van der Waals surface area contributed by atoms with E-state index in [2.05, 4.69) is 22.8 Å². The summed E-state index contributed by atoms with van der Waals surface area (Å²) in [6.07, 6.45) is 0. The average molecular weight is 286 g/mol. The molecule has 2 aromatic rings. The third-order valence-electron chi connectivity index (χ3n) is 2.79. The van der Waals surface area contributed by atoms with Crippen LogP contribution in [-0.4, -0.2) is 18.3 Å². The normalized spacial score (nSPS) is 10.1. The lowest BCUT2D eigenvalue weighted by Gasteiger charge is -2.09. The highest BCUT2D eigenvalue weighted by Crippen LogP contribution is 2.16. The van der Waals surface area contributed by atoms with Crippen molar-refractivity contribution in [3.05, 3.63) is 60.2 Å². The van der Waals surface area contributed by atoms with E-state index in [1.165, 1.54) is 4.90 Å². The molecule has 2 N–H and O–H groups in total. The first-order chi connectivity index (χ1) is 9.75. The van der Waals surface area contributed by atoms with Gasteiger partial charge in [0, 0.05) is 22.9 Å². The molecule has 0 saturated carbocycles. The van der Waals surface area contributed by atoms with Crippen LogP contribution in [0.15, 0.2) is 59.5 Å². The van der Waals surface area contributed by atoms with Gasteiger partial charge in [0.1, 0.15) is 0 Å². The van der Waals surface area contributed by atoms with Gasteiger partial charge in [0.2, 0.25) is 0 Å². The van der Waals surface area contributed by atoms with Gasteiger partial charge in [0.25, 0.3) is 0 Å². The van der Waals surface area contributed by atoms with Crippen molar-refractivity contribution >= 4 is 23.5 Å². The van der Waals surface area contributed by atoms with Gasteiger partial charge in [0.05, 0.1) is 0 Å². The molecule has 3 nitrogen and oxygen atoms in total. The molecular weight excluding hydrogens is 268 g/mol. The second-order valence-corrected chi connectivity index (χ2v) is 5.53. The minimum absolute atomic E-state index is 0.159. The number of para-hydroxylation sites is 1. The van der Waals surface area contributed by atoms with Gasteiger partial charge in [-0.25, -0.2) is 4.79 Å². The summed E-state index contributed by atoms with van der Waals surface area (Å²) in [5.74, 6) is 0.852. The number of rotatable bonds is 5. The molecule has 0 heterocycles. The number of nitrogens with one attached hydrogen (secondary N) is 2. The van der Waals surface area contributed by atoms with Crippen molar-refractivity contribution in [1.82, 2.24) is 5.32 Å². The maximum Gasteiger partial charge on any atom is 0.319 e. The Labute approximate surface area is 123 Å². The van der Waals surface area contributed by atoms with Crippen molar-refractivity contribution in [1.29, 1.82) is 0 Å². The Balaban J connectivity index is 1.69. The molecule has 0 aliphatic carbocycles. The molecule has 0 unspecified atom stereocenters. The summed E-state index contributed by atoms with van der Waals surface area (Å²) < 4.78 is 0. The van der Waals surface area contributed by atoms with Gasteiger partial charge in [-0.3, -0.25) is 0 Å². The summed E-state index contributed by atoms with van der Waals surface area (Å²) in [7, 11) is 0. The maximum atomic E-state index is 11.7. The molecule has 0 aromatic heterocycles. The predicted octanol–water partition coefficient (Wildman–Crippen LogP) is 3.91. The van der Waals surface area contributed by atoms with Gasteiger partial charge in [-0.05, 0) is 30.7 Å². The average Bonchev–Trinajstić information content (AvgIpc) is 2.47. The van der Waals surface area contributed by atoms with Gasteiger partial charge in [-0.15, -0.1) is 11.8 Å². The number of aryl methyl sites for hydroxylation is 1. The lowest BCUT2D eigenvalue weighted by atomic mass is 10.2. The Kier molecular flexibility index (Phi) is 5.50. The standard InChI is InChI=1S/C16H18N2OS/c1-13-7-5-6-10-15(13)18-16(19)17-11-12-20-14-8-3-2-4-9-14/h2-10H,11-12H2,1H3,(H2,17,18,19). The summed E-state index contributed by atoms with van der Waals surface area (Å²) in [5.41, 5.74) is 1.90. The minimum atomic E-state index is -0.159. The van der Waals surface area contributed by atoms with Gasteiger partial charge in [-0.2, -0.15) is 0 Å². The second-order valence-electron chi connectivity index (χ2n) is 4.36. The molecule has 0 saturated heterocycles. The molecule has 20 heavy (non-hydrogen) atoms. The zero-order valence-electron chi connectivity index (χ0n) is 11.4. The molecule has 2 aromatic carbocycles. The molecule has 0 atom stereocenters. The quantitative estimate of drug-likeness (QED) is 0.646. The van der Waals surface area contributed by atoms with Crippen molar-refractivity contribution in [3.8, 4) is 0 Å². The third-order valence-corrected chi connectivity index (χ3v) is 3.81. The summed E-state index contributed by atoms with van der Waals surface area (Å²) in [6, 6.07) is 17.7. The molecule has 104 valence electrons. The van der Waals surface area contributed by atoms with Crippen LogP contribution in [-0.2, 0) is 0 Å². The summed E-state index contributed by atoms with van der Waals surface area (Å²) in [6.45, 7) is 2.61. The fourth-order valence-electron chi connectivity index (χ4n) is 1.73. The highest BCUT2D eigenvalue weighted by atomic mass is 32.2. The van der Waals surface area contributed by atoms with Crippen LogP contribution in [0.3, 0.4) is 0 Å². The van der Waals surface area contributed by atoms with Crippen molar-refractivity contribution in [2.24, 2.45) is 0 Å². The molecule has 2 rings (SSSR count). The number of carbonyl (C=O) groups excluding carboxylic acids is 1. The highest BCUT2D eigenvalue weighted by Gasteiger charge is 2.02. The molecule has 0 aliphatic heterocycles. The fraction of sp³-hybridized carbons (Fsp3) is 0.188. The first-order valence-corrected chi connectivity index (χ1v) is 7.52. The summed E-state index contributed by atoms with van der Waals surface area (Å²) >= 11 is 1.73. The van der Waals surface area contributed by atoms with E-state index in [9.17, 15) is 4.79 Å². The predicted molar refractivity (Wildman–Crippen MR) is 85.4 cm³/mol. The molecule has 0 spiro atoms. The number of hydrogen-bond acceptors (Lipinski definition) is 2. The molecule has 2 amide bonds. The van der Waals surface area contributed by atoms with Crippen LogP contribution in [0.25, 0.3) is 0 Å². The highest BCUT2D eigenvalue weighted by molar-refractivity contribution is 7.99. The Bertz CT molecular complexity index is 557. The number of amides is 2. The molecule has 0 aliphatic rings. The van der Waals surface area contributed by atoms with Crippen LogP contribution in [0.4, 0.5) is 10.5 Å². The maximum absolute atomic E-state index is 11.7. The van der Waals surface area contributed by atoms with Gasteiger partial charge in [-0.1, -0.05) is 36.4 Å². The number of carbonyl (C=O) groups is 1. The van der Waals surface area contributed by atoms with Crippen molar-refractivity contribution in [3.63, 3.8) is 0 Å². The SMILES string of the molecule is Cc1ccccc1NC(=O)NCCSc1ccccc1. The van der Waals surface area contributed by atoms with Crippen LogP contribution in [0.2, 0.25) is 0 Å². The Hall–Kier alpha value is -1.94. The van der Waals surface area contributed by atoms with E-state index >= 15 is 0 Å². The monoisotopic (exact) mass is 286 g/mol. The molecule has 0 fully saturated rings. The number of benzene rings is 2. The van der Waals surface area contributed by atoms with Crippen LogP contribution in [0, 0.1) is 6.92 Å². The van der Waals surface area contributed by atoms with E-state index < -0.39 is 0 Å². The summed E-state index contributed by atoms with van der Waals surface area (Å²) in [4.78, 5) is 13.0.